The number of carbonyl (C=O) groups excluding carboxylic acids is 1. The van der Waals surface area contributed by atoms with Crippen molar-refractivity contribution in [3.63, 3.8) is 0 Å². The fourth-order valence-electron chi connectivity index (χ4n) is 3.11. The van der Waals surface area contributed by atoms with Gasteiger partial charge in [-0.2, -0.15) is 8.78 Å². The molecule has 0 amide bonds. The lowest BCUT2D eigenvalue weighted by molar-refractivity contribution is 0.0714. The summed E-state index contributed by atoms with van der Waals surface area (Å²) in [6, 6.07) is 13.9. The van der Waals surface area contributed by atoms with Crippen molar-refractivity contribution in [2.45, 2.75) is 6.10 Å². The molecule has 3 nitrogen and oxygen atoms in total. The molecule has 4 rings (SSSR count). The average molecular weight is 392 g/mol. The topological polar surface area (TPSA) is 35.5 Å². The molecule has 0 unspecified atom stereocenters. The predicted molar refractivity (Wildman–Crippen MR) is 87.1 cm³/mol. The van der Waals surface area contributed by atoms with Gasteiger partial charge in [0.15, 0.2) is 6.10 Å². The second-order valence-electron chi connectivity index (χ2n) is 5.92. The number of fused-ring (bicyclic) bond motifs is 3. The zero-order valence-corrected chi connectivity index (χ0v) is 13.8. The Balaban J connectivity index is 1.66. The van der Waals surface area contributed by atoms with Gasteiger partial charge in [-0.3, -0.25) is 0 Å². The molecule has 0 radical (unpaired) electrons. The summed E-state index contributed by atoms with van der Waals surface area (Å²) in [5, 5.41) is 0. The minimum absolute atomic E-state index is 0.595. The molecular formula is C20H9F5O3. The molecule has 3 aromatic carbocycles. The van der Waals surface area contributed by atoms with E-state index in [0.29, 0.717) is 11.1 Å². The summed E-state index contributed by atoms with van der Waals surface area (Å²) in [7, 11) is 0. The van der Waals surface area contributed by atoms with Crippen LogP contribution in [0.4, 0.5) is 26.7 Å². The van der Waals surface area contributed by atoms with E-state index < -0.39 is 47.1 Å². The number of hydrogen-bond acceptors (Lipinski definition) is 3. The smallest absolute Gasteiger partial charge is 0.421 e. The molecule has 0 atom stereocenters. The van der Waals surface area contributed by atoms with Crippen molar-refractivity contribution >= 4 is 6.16 Å². The first-order valence-corrected chi connectivity index (χ1v) is 7.98. The molecule has 0 fully saturated rings. The van der Waals surface area contributed by atoms with Crippen LogP contribution in [-0.2, 0) is 4.74 Å². The number of carbonyl (C=O) groups is 1. The average Bonchev–Trinajstić information content (AvgIpc) is 3.02. The summed E-state index contributed by atoms with van der Waals surface area (Å²) in [4.78, 5) is 12.1. The molecule has 1 aliphatic rings. The largest absolute Gasteiger partial charge is 0.515 e. The normalized spacial score (nSPS) is 12.5. The quantitative estimate of drug-likeness (QED) is 0.185. The second kappa shape index (κ2) is 6.63. The van der Waals surface area contributed by atoms with Crippen LogP contribution in [-0.4, -0.2) is 6.16 Å². The van der Waals surface area contributed by atoms with Gasteiger partial charge in [-0.1, -0.05) is 48.5 Å². The van der Waals surface area contributed by atoms with Gasteiger partial charge < -0.3 is 9.47 Å². The molecule has 8 heteroatoms. The minimum atomic E-state index is -2.35. The highest BCUT2D eigenvalue weighted by molar-refractivity contribution is 5.79. The minimum Gasteiger partial charge on any atom is -0.421 e. The molecule has 0 saturated heterocycles. The standard InChI is InChI=1S/C20H9F5O3/c21-13-14(22)16(24)19(17(25)15(13)23)28-20(26)27-18-11-7-3-1-5-9(11)10-6-2-4-8-12(10)18/h1-8,18H. The van der Waals surface area contributed by atoms with Crippen molar-refractivity contribution in [2.24, 2.45) is 0 Å². The molecular weight excluding hydrogens is 383 g/mol. The Bertz CT molecular complexity index is 1040. The van der Waals surface area contributed by atoms with Gasteiger partial charge in [-0.25, -0.2) is 18.0 Å². The van der Waals surface area contributed by atoms with Gasteiger partial charge >= 0.3 is 6.16 Å². The van der Waals surface area contributed by atoms with Crippen LogP contribution < -0.4 is 4.74 Å². The van der Waals surface area contributed by atoms with Crippen molar-refractivity contribution in [2.75, 3.05) is 0 Å². The summed E-state index contributed by atoms with van der Waals surface area (Å²) in [6.07, 6.45) is -2.57. The van der Waals surface area contributed by atoms with E-state index in [1.54, 1.807) is 48.5 Å². The van der Waals surface area contributed by atoms with Crippen molar-refractivity contribution in [3.8, 4) is 16.9 Å². The van der Waals surface area contributed by atoms with Gasteiger partial charge in [0.1, 0.15) is 0 Å². The van der Waals surface area contributed by atoms with Crippen molar-refractivity contribution in [3.05, 3.63) is 88.7 Å². The van der Waals surface area contributed by atoms with E-state index in [1.165, 1.54) is 0 Å². The van der Waals surface area contributed by atoms with Crippen LogP contribution in [0.2, 0.25) is 0 Å². The van der Waals surface area contributed by atoms with E-state index >= 15 is 0 Å². The maximum Gasteiger partial charge on any atom is 0.515 e. The van der Waals surface area contributed by atoms with Crippen LogP contribution in [0.3, 0.4) is 0 Å². The fourth-order valence-corrected chi connectivity index (χ4v) is 3.11. The molecule has 0 saturated carbocycles. The number of benzene rings is 3. The number of ether oxygens (including phenoxy) is 2. The van der Waals surface area contributed by atoms with Gasteiger partial charge in [0.2, 0.25) is 34.8 Å². The van der Waals surface area contributed by atoms with Crippen LogP contribution >= 0.6 is 0 Å². The monoisotopic (exact) mass is 392 g/mol. The highest BCUT2D eigenvalue weighted by Gasteiger charge is 2.34. The van der Waals surface area contributed by atoms with Gasteiger partial charge in [-0.15, -0.1) is 0 Å². The third kappa shape index (κ3) is 2.69. The lowest BCUT2D eigenvalue weighted by atomic mass is 10.1. The number of rotatable bonds is 2. The highest BCUT2D eigenvalue weighted by atomic mass is 19.2. The van der Waals surface area contributed by atoms with E-state index in [4.69, 9.17) is 4.74 Å². The predicted octanol–water partition coefficient (Wildman–Crippen LogP) is 5.67. The zero-order chi connectivity index (χ0) is 20.0. The van der Waals surface area contributed by atoms with Gasteiger partial charge in [0, 0.05) is 11.1 Å². The maximum absolute atomic E-state index is 13.7. The van der Waals surface area contributed by atoms with E-state index in [9.17, 15) is 26.7 Å². The molecule has 0 spiro atoms. The van der Waals surface area contributed by atoms with Gasteiger partial charge in [0.25, 0.3) is 0 Å². The van der Waals surface area contributed by atoms with Crippen molar-refractivity contribution < 1.29 is 36.2 Å². The Labute approximate surface area is 154 Å². The fraction of sp³-hybridized carbons (Fsp3) is 0.0500. The molecule has 0 aromatic heterocycles. The molecule has 3 aromatic rings. The molecule has 0 bridgehead atoms. The first kappa shape index (κ1) is 18.0. The van der Waals surface area contributed by atoms with Crippen LogP contribution in [0.5, 0.6) is 5.75 Å². The summed E-state index contributed by atoms with van der Waals surface area (Å²) in [6.45, 7) is 0. The molecule has 0 heterocycles. The SMILES string of the molecule is O=C(Oc1c(F)c(F)c(F)c(F)c1F)OC1c2ccccc2-c2ccccc21. The highest BCUT2D eigenvalue weighted by Crippen LogP contribution is 2.45. The van der Waals surface area contributed by atoms with Crippen molar-refractivity contribution in [1.29, 1.82) is 0 Å². The lowest BCUT2D eigenvalue weighted by Crippen LogP contribution is -2.17. The van der Waals surface area contributed by atoms with E-state index in [0.717, 1.165) is 11.1 Å². The molecule has 1 aliphatic carbocycles. The van der Waals surface area contributed by atoms with Gasteiger partial charge in [0.05, 0.1) is 0 Å². The zero-order valence-electron chi connectivity index (χ0n) is 13.8. The Hall–Kier alpha value is -3.42. The van der Waals surface area contributed by atoms with Gasteiger partial charge in [-0.05, 0) is 11.1 Å². The van der Waals surface area contributed by atoms with E-state index in [1.807, 2.05) is 0 Å². The molecule has 0 N–H and O–H groups in total. The van der Waals surface area contributed by atoms with E-state index in [2.05, 4.69) is 4.74 Å². The van der Waals surface area contributed by atoms with Crippen LogP contribution in [0, 0.1) is 29.1 Å². The Morgan fingerprint density at radius 1 is 0.679 bits per heavy atom. The summed E-state index contributed by atoms with van der Waals surface area (Å²) < 4.78 is 76.5. The molecule has 142 valence electrons. The van der Waals surface area contributed by atoms with Crippen LogP contribution in [0.1, 0.15) is 17.2 Å². The molecule has 28 heavy (non-hydrogen) atoms. The summed E-state index contributed by atoms with van der Waals surface area (Å²) in [5.74, 6) is -13.0. The first-order chi connectivity index (χ1) is 13.4. The first-order valence-electron chi connectivity index (χ1n) is 7.98. The summed E-state index contributed by atoms with van der Waals surface area (Å²) in [5.41, 5.74) is 2.76. The lowest BCUT2D eigenvalue weighted by Gasteiger charge is -2.15. The Morgan fingerprint density at radius 2 is 1.11 bits per heavy atom. The third-order valence-corrected chi connectivity index (χ3v) is 4.35. The number of hydrogen-bond donors (Lipinski definition) is 0. The van der Waals surface area contributed by atoms with Crippen molar-refractivity contribution in [1.82, 2.24) is 0 Å². The van der Waals surface area contributed by atoms with Crippen LogP contribution in [0.15, 0.2) is 48.5 Å². The Kier molecular flexibility index (Phi) is 4.26. The Morgan fingerprint density at radius 3 is 1.61 bits per heavy atom. The van der Waals surface area contributed by atoms with Crippen LogP contribution in [0.25, 0.3) is 11.1 Å². The number of halogens is 5. The maximum atomic E-state index is 13.7. The third-order valence-electron chi connectivity index (χ3n) is 4.35. The summed E-state index contributed by atoms with van der Waals surface area (Å²) >= 11 is 0. The second-order valence-corrected chi connectivity index (χ2v) is 5.92. The van der Waals surface area contributed by atoms with E-state index in [-0.39, 0.29) is 0 Å². The molecule has 0 aliphatic heterocycles.